The first-order chi connectivity index (χ1) is 14.3. The first-order valence-electron chi connectivity index (χ1n) is 8.71. The van der Waals surface area contributed by atoms with E-state index in [2.05, 4.69) is 54.6 Å². The zero-order chi connectivity index (χ0) is 22.8. The summed E-state index contributed by atoms with van der Waals surface area (Å²) in [5.41, 5.74) is 0.309. The third-order valence-corrected chi connectivity index (χ3v) is 6.00. The van der Waals surface area contributed by atoms with E-state index in [9.17, 15) is 21.7 Å². The van der Waals surface area contributed by atoms with Crippen LogP contribution in [0.5, 0.6) is 0 Å². The molecule has 4 aromatic rings. The molecular weight excluding hydrogens is 552 g/mol. The van der Waals surface area contributed by atoms with E-state index in [1.807, 2.05) is 24.3 Å². The number of halogens is 6. The third kappa shape index (κ3) is 7.99. The second-order valence-electron chi connectivity index (χ2n) is 6.34. The number of hydrogen-bond acceptors (Lipinski definition) is 2. The molecule has 0 aliphatic carbocycles. The molecule has 0 amide bonds. The standard InChI is InChI=1S/C21H15O2S.6FH.Sb/c22-21-14-12-16-11-13-19(15-20(16)23-21)24(17-7-3-1-4-8-17)18-9-5-2-6-10-18;;;;;;;/h1-15H;6*1H;/q+1;;;;;;;+5/p-6. The Hall–Kier alpha value is -2.38. The van der Waals surface area contributed by atoms with Gasteiger partial charge in [-0.1, -0.05) is 36.4 Å². The molecule has 0 unspecified atom stereocenters. The zero-order valence-corrected chi connectivity index (χ0v) is 19.0. The molecule has 0 fully saturated rings. The van der Waals surface area contributed by atoms with Crippen LogP contribution in [0.4, 0.5) is 16.9 Å². The van der Waals surface area contributed by atoms with Crippen LogP contribution in [0.1, 0.15) is 0 Å². The van der Waals surface area contributed by atoms with E-state index >= 15 is 0 Å². The summed E-state index contributed by atoms with van der Waals surface area (Å²) in [7, 11) is -0.239. The molecule has 0 spiro atoms. The molecule has 0 saturated carbocycles. The summed E-state index contributed by atoms with van der Waals surface area (Å²) < 4.78 is 64.9. The number of rotatable bonds is 3. The van der Waals surface area contributed by atoms with E-state index in [4.69, 9.17) is 4.42 Å². The van der Waals surface area contributed by atoms with E-state index in [0.29, 0.717) is 5.58 Å². The van der Waals surface area contributed by atoms with Crippen molar-refractivity contribution in [1.29, 1.82) is 0 Å². The van der Waals surface area contributed by atoms with E-state index in [1.165, 1.54) is 15.9 Å². The van der Waals surface area contributed by atoms with Crippen LogP contribution in [0.2, 0.25) is 0 Å². The summed E-state index contributed by atoms with van der Waals surface area (Å²) in [6.07, 6.45) is 0. The molecule has 0 aliphatic heterocycles. The van der Waals surface area contributed by atoms with Gasteiger partial charge in [0.2, 0.25) is 0 Å². The fourth-order valence-electron chi connectivity index (χ4n) is 2.69. The van der Waals surface area contributed by atoms with Gasteiger partial charge in [-0.05, 0) is 42.5 Å². The molecular formula is C21H15F6O2SSb. The molecule has 0 bridgehead atoms. The molecule has 0 aliphatic rings. The molecule has 0 atom stereocenters. The summed E-state index contributed by atoms with van der Waals surface area (Å²) in [6, 6.07) is 30.2. The van der Waals surface area contributed by atoms with Gasteiger partial charge in [0.25, 0.3) is 0 Å². The topological polar surface area (TPSA) is 30.2 Å². The van der Waals surface area contributed by atoms with Crippen molar-refractivity contribution in [3.8, 4) is 0 Å². The van der Waals surface area contributed by atoms with Gasteiger partial charge < -0.3 is 4.42 Å². The summed E-state index contributed by atoms with van der Waals surface area (Å²) in [6.45, 7) is 0. The van der Waals surface area contributed by atoms with Gasteiger partial charge in [-0.2, -0.15) is 0 Å². The molecule has 3 aromatic carbocycles. The molecule has 10 heteroatoms. The molecule has 4 rings (SSSR count). The molecule has 1 heterocycles. The van der Waals surface area contributed by atoms with Gasteiger partial charge in [-0.15, -0.1) is 0 Å². The molecule has 2 nitrogen and oxygen atoms in total. The Kier molecular flexibility index (Phi) is 5.97. The predicted octanol–water partition coefficient (Wildman–Crippen LogP) is 7.03. The third-order valence-electron chi connectivity index (χ3n) is 3.79. The van der Waals surface area contributed by atoms with Crippen LogP contribution in [-0.2, 0) is 10.9 Å². The van der Waals surface area contributed by atoms with Crippen molar-refractivity contribution < 1.29 is 21.3 Å². The number of hydrogen-bond donors (Lipinski definition) is 0. The molecule has 0 radical (unpaired) electrons. The maximum absolute atomic E-state index is 11.5. The van der Waals surface area contributed by atoms with Crippen molar-refractivity contribution in [2.45, 2.75) is 14.7 Å². The quantitative estimate of drug-likeness (QED) is 0.115. The summed E-state index contributed by atoms with van der Waals surface area (Å²) in [5.74, 6) is 0. The normalized spacial score (nSPS) is 13.8. The Morgan fingerprint density at radius 1 is 0.613 bits per heavy atom. The van der Waals surface area contributed by atoms with Crippen LogP contribution in [-0.4, -0.2) is 19.5 Å². The van der Waals surface area contributed by atoms with Crippen LogP contribution < -0.4 is 5.63 Å². The van der Waals surface area contributed by atoms with Gasteiger partial charge in [-0.3, -0.25) is 0 Å². The van der Waals surface area contributed by atoms with Crippen molar-refractivity contribution in [3.05, 3.63) is 101 Å². The van der Waals surface area contributed by atoms with Gasteiger partial charge in [0.1, 0.15) is 5.58 Å². The van der Waals surface area contributed by atoms with Gasteiger partial charge in [0.15, 0.2) is 14.7 Å². The fourth-order valence-corrected chi connectivity index (χ4v) is 4.79. The van der Waals surface area contributed by atoms with Gasteiger partial charge >= 0.3 is 42.0 Å². The van der Waals surface area contributed by atoms with Gasteiger partial charge in [0.05, 0.1) is 10.9 Å². The second kappa shape index (κ2) is 7.95. The second-order valence-corrected chi connectivity index (χ2v) is 13.8. The van der Waals surface area contributed by atoms with Gasteiger partial charge in [0, 0.05) is 17.5 Å². The van der Waals surface area contributed by atoms with Crippen LogP contribution >= 0.6 is 0 Å². The fraction of sp³-hybridized carbons (Fsp3) is 0. The van der Waals surface area contributed by atoms with Crippen LogP contribution in [0.3, 0.4) is 0 Å². The minimum atomic E-state index is -11.2. The Morgan fingerprint density at radius 2 is 1.06 bits per heavy atom. The van der Waals surface area contributed by atoms with Crippen LogP contribution in [0.15, 0.2) is 115 Å². The monoisotopic (exact) mass is 566 g/mol. The van der Waals surface area contributed by atoms with E-state index in [0.717, 1.165) is 10.3 Å². The zero-order valence-electron chi connectivity index (χ0n) is 15.6. The average molecular weight is 567 g/mol. The summed E-state index contributed by atoms with van der Waals surface area (Å²) in [4.78, 5) is 15.1. The first kappa shape index (κ1) is 23.3. The van der Waals surface area contributed by atoms with E-state index in [1.54, 1.807) is 6.07 Å². The molecule has 0 saturated heterocycles. The van der Waals surface area contributed by atoms with Crippen molar-refractivity contribution >= 4 is 41.3 Å². The Balaban J connectivity index is 0.000000339. The van der Waals surface area contributed by atoms with Crippen molar-refractivity contribution in [2.75, 3.05) is 0 Å². The van der Waals surface area contributed by atoms with E-state index < -0.39 is 19.5 Å². The molecule has 164 valence electrons. The number of fused-ring (bicyclic) bond motifs is 1. The predicted molar refractivity (Wildman–Crippen MR) is 110 cm³/mol. The first-order valence-corrected chi connectivity index (χ1v) is 15.7. The SMILES string of the molecule is O=c1ccc2ccc([S+](c3ccccc3)c3ccccc3)cc2o1.[F][Sb-]([F])([F])([F])([F])[F]. The summed E-state index contributed by atoms with van der Waals surface area (Å²) >= 11 is -11.2. The van der Waals surface area contributed by atoms with Crippen LogP contribution in [0, 0.1) is 0 Å². The summed E-state index contributed by atoms with van der Waals surface area (Å²) in [5, 5.41) is 0.933. The molecule has 1 aromatic heterocycles. The van der Waals surface area contributed by atoms with Crippen molar-refractivity contribution in [3.63, 3.8) is 0 Å². The van der Waals surface area contributed by atoms with Crippen LogP contribution in [0.25, 0.3) is 11.0 Å². The van der Waals surface area contributed by atoms with E-state index in [-0.39, 0.29) is 16.5 Å². The average Bonchev–Trinajstić information content (AvgIpc) is 2.67. The molecule has 31 heavy (non-hydrogen) atoms. The minimum absolute atomic E-state index is 0.239. The Morgan fingerprint density at radius 3 is 1.55 bits per heavy atom. The maximum atomic E-state index is 11.5. The Labute approximate surface area is 178 Å². The van der Waals surface area contributed by atoms with Crippen molar-refractivity contribution in [2.24, 2.45) is 0 Å². The molecule has 0 N–H and O–H groups in total. The number of benzene rings is 3. The van der Waals surface area contributed by atoms with Crippen molar-refractivity contribution in [1.82, 2.24) is 0 Å². The Bertz CT molecular complexity index is 1190. The van der Waals surface area contributed by atoms with Gasteiger partial charge in [-0.25, -0.2) is 4.79 Å².